The first-order chi connectivity index (χ1) is 34.2. The molecule has 5 heteroatoms. The van der Waals surface area contributed by atoms with Crippen molar-refractivity contribution in [1.29, 1.82) is 0 Å². The minimum atomic E-state index is -2.93. The van der Waals surface area contributed by atoms with Crippen LogP contribution in [0.2, 0.25) is 0 Å². The van der Waals surface area contributed by atoms with Crippen LogP contribution in [0.15, 0.2) is 255 Å². The molecule has 1 aromatic heterocycles. The molecular formula is C64H42N2O2Si. The number of fused-ring (bicyclic) bond motifs is 12. The molecular weight excluding hydrogens is 857 g/mol. The topological polar surface area (TPSA) is 26.6 Å². The van der Waals surface area contributed by atoms with E-state index >= 15 is 0 Å². The van der Waals surface area contributed by atoms with Crippen LogP contribution in [0.1, 0.15) is 0 Å². The van der Waals surface area contributed by atoms with E-state index in [9.17, 15) is 0 Å². The molecule has 0 N–H and O–H groups in total. The van der Waals surface area contributed by atoms with Crippen molar-refractivity contribution in [3.8, 4) is 50.9 Å². The van der Waals surface area contributed by atoms with Gasteiger partial charge in [0.2, 0.25) is 0 Å². The summed E-state index contributed by atoms with van der Waals surface area (Å²) in [5, 5.41) is 9.72. The van der Waals surface area contributed by atoms with Crippen LogP contribution in [-0.2, 0) is 0 Å². The Bertz CT molecular complexity index is 3910. The van der Waals surface area contributed by atoms with Crippen LogP contribution in [-0.4, -0.2) is 12.6 Å². The summed E-state index contributed by atoms with van der Waals surface area (Å²) in [5.41, 5.74) is 11.3. The van der Waals surface area contributed by atoms with Crippen molar-refractivity contribution in [3.63, 3.8) is 0 Å². The summed E-state index contributed by atoms with van der Waals surface area (Å²) in [7, 11) is -2.93. The third-order valence-electron chi connectivity index (χ3n) is 14.3. The number of rotatable bonds is 6. The molecule has 1 spiro atoms. The SMILES string of the molecule is c1ccc(N(c2ccc(-c3cccc4c3c3ccccc3n4-c3ccccc3)cc2)c2ccc3cccc(-c4cccc5c4Oc4ccccc4[Si]54c5ccccc5Oc5ccccc54)c3c2)cc1. The van der Waals surface area contributed by atoms with Gasteiger partial charge in [0, 0.05) is 39.1 Å². The van der Waals surface area contributed by atoms with Crippen molar-refractivity contribution in [2.24, 2.45) is 0 Å². The summed E-state index contributed by atoms with van der Waals surface area (Å²) >= 11 is 0. The molecule has 2 aliphatic rings. The zero-order valence-corrected chi connectivity index (χ0v) is 38.5. The molecule has 0 radical (unpaired) electrons. The molecule has 3 heterocycles. The van der Waals surface area contributed by atoms with Gasteiger partial charge in [-0.25, -0.2) is 0 Å². The molecule has 0 unspecified atom stereocenters. The van der Waals surface area contributed by atoms with Gasteiger partial charge in [-0.2, -0.15) is 0 Å². The average Bonchev–Trinajstić information content (AvgIpc) is 3.76. The second-order valence-corrected chi connectivity index (χ2v) is 21.6. The Morgan fingerprint density at radius 3 is 1.62 bits per heavy atom. The lowest BCUT2D eigenvalue weighted by molar-refractivity contribution is 0.482. The van der Waals surface area contributed by atoms with Gasteiger partial charge in [-0.05, 0) is 127 Å². The molecule has 0 bridgehead atoms. The van der Waals surface area contributed by atoms with E-state index in [1.54, 1.807) is 0 Å². The quantitative estimate of drug-likeness (QED) is 0.156. The maximum Gasteiger partial charge on any atom is 0.196 e. The Labute approximate surface area is 401 Å². The van der Waals surface area contributed by atoms with E-state index in [0.29, 0.717) is 0 Å². The first-order valence-corrected chi connectivity index (χ1v) is 25.6. The predicted molar refractivity (Wildman–Crippen MR) is 288 cm³/mol. The fourth-order valence-electron chi connectivity index (χ4n) is 11.4. The highest BCUT2D eigenvalue weighted by molar-refractivity contribution is 7.21. The van der Waals surface area contributed by atoms with Crippen LogP contribution < -0.4 is 35.1 Å². The van der Waals surface area contributed by atoms with Crippen molar-refractivity contribution in [2.45, 2.75) is 0 Å². The Balaban J connectivity index is 0.923. The Morgan fingerprint density at radius 2 is 0.884 bits per heavy atom. The highest BCUT2D eigenvalue weighted by atomic mass is 28.3. The fourth-order valence-corrected chi connectivity index (χ4v) is 16.6. The van der Waals surface area contributed by atoms with E-state index in [1.165, 1.54) is 53.7 Å². The maximum atomic E-state index is 7.19. The lowest BCUT2D eigenvalue weighted by Gasteiger charge is -2.43. The summed E-state index contributed by atoms with van der Waals surface area (Å²) < 4.78 is 16.3. The lowest BCUT2D eigenvalue weighted by Crippen LogP contribution is -2.77. The summed E-state index contributed by atoms with van der Waals surface area (Å²) in [4.78, 5) is 2.37. The molecule has 0 atom stereocenters. The standard InChI is InChI=1S/C64H42N2O2Si/c1-3-19-45(20-4-1)65(47-39-36-44(37-40-47)49-24-16-28-55-63(49)52-23-7-8-27-54(52)66(55)46-21-5-2-6-22-46)48-41-38-43-18-15-25-50(53(43)42-48)51-26-17-35-62-64(51)68-58-31-11-14-34-61(58)69(62)59-32-12-9-29-56(59)67-57-30-10-13-33-60(57)69/h1-42H. The van der Waals surface area contributed by atoms with Crippen LogP contribution in [0, 0.1) is 0 Å². The number of benzene rings is 11. The van der Waals surface area contributed by atoms with Crippen LogP contribution in [0.5, 0.6) is 23.0 Å². The maximum absolute atomic E-state index is 7.19. The zero-order chi connectivity index (χ0) is 45.5. The minimum Gasteiger partial charge on any atom is -0.458 e. The van der Waals surface area contributed by atoms with Crippen molar-refractivity contribution >= 4 is 78.5 Å². The third-order valence-corrected chi connectivity index (χ3v) is 19.2. The number of ether oxygens (including phenoxy) is 2. The van der Waals surface area contributed by atoms with Gasteiger partial charge in [0.05, 0.1) is 11.0 Å². The van der Waals surface area contributed by atoms with Gasteiger partial charge in [0.15, 0.2) is 8.07 Å². The monoisotopic (exact) mass is 898 g/mol. The third kappa shape index (κ3) is 5.94. The summed E-state index contributed by atoms with van der Waals surface area (Å²) in [6.45, 7) is 0. The van der Waals surface area contributed by atoms with E-state index < -0.39 is 8.07 Å². The zero-order valence-electron chi connectivity index (χ0n) is 37.5. The van der Waals surface area contributed by atoms with Gasteiger partial charge in [-0.3, -0.25) is 0 Å². The largest absolute Gasteiger partial charge is 0.458 e. The van der Waals surface area contributed by atoms with Gasteiger partial charge in [-0.1, -0.05) is 176 Å². The first-order valence-electron chi connectivity index (χ1n) is 23.6. The van der Waals surface area contributed by atoms with Gasteiger partial charge < -0.3 is 18.9 Å². The van der Waals surface area contributed by atoms with E-state index in [1.807, 2.05) is 0 Å². The van der Waals surface area contributed by atoms with Gasteiger partial charge >= 0.3 is 0 Å². The second-order valence-electron chi connectivity index (χ2n) is 17.9. The van der Waals surface area contributed by atoms with Gasteiger partial charge in [0.1, 0.15) is 23.0 Å². The number of hydrogen-bond acceptors (Lipinski definition) is 3. The second kappa shape index (κ2) is 15.6. The van der Waals surface area contributed by atoms with E-state index in [-0.39, 0.29) is 0 Å². The van der Waals surface area contributed by atoms with E-state index in [2.05, 4.69) is 264 Å². The normalized spacial score (nSPS) is 13.0. The highest BCUT2D eigenvalue weighted by Gasteiger charge is 2.53. The average molecular weight is 899 g/mol. The number of nitrogens with zero attached hydrogens (tertiary/aromatic N) is 2. The molecule has 69 heavy (non-hydrogen) atoms. The van der Waals surface area contributed by atoms with Gasteiger partial charge in [-0.15, -0.1) is 0 Å². The minimum absolute atomic E-state index is 0.897. The molecule has 0 saturated carbocycles. The molecule has 2 aliphatic heterocycles. The summed E-state index contributed by atoms with van der Waals surface area (Å²) in [6, 6.07) is 92.0. The first kappa shape index (κ1) is 39.3. The van der Waals surface area contributed by atoms with Crippen molar-refractivity contribution < 1.29 is 9.47 Å². The van der Waals surface area contributed by atoms with Crippen molar-refractivity contribution in [2.75, 3.05) is 4.90 Å². The highest BCUT2D eigenvalue weighted by Crippen LogP contribution is 2.45. The molecule has 0 aliphatic carbocycles. The molecule has 0 saturated heterocycles. The Hall–Kier alpha value is -8.90. The van der Waals surface area contributed by atoms with E-state index in [0.717, 1.165) is 67.6 Å². The lowest BCUT2D eigenvalue weighted by atomic mass is 9.96. The van der Waals surface area contributed by atoms with Crippen LogP contribution in [0.4, 0.5) is 17.1 Å². The van der Waals surface area contributed by atoms with Crippen molar-refractivity contribution in [1.82, 2.24) is 4.57 Å². The fraction of sp³-hybridized carbons (Fsp3) is 0. The molecule has 324 valence electrons. The molecule has 11 aromatic carbocycles. The molecule has 12 aromatic rings. The van der Waals surface area contributed by atoms with Crippen LogP contribution in [0.3, 0.4) is 0 Å². The molecule has 4 nitrogen and oxygen atoms in total. The smallest absolute Gasteiger partial charge is 0.196 e. The molecule has 0 fully saturated rings. The van der Waals surface area contributed by atoms with E-state index in [4.69, 9.17) is 9.47 Å². The molecule has 0 amide bonds. The number of aromatic nitrogens is 1. The van der Waals surface area contributed by atoms with Crippen LogP contribution in [0.25, 0.3) is 60.5 Å². The number of para-hydroxylation sites is 7. The summed E-state index contributed by atoms with van der Waals surface area (Å²) in [5.74, 6) is 3.62. The van der Waals surface area contributed by atoms with Crippen LogP contribution >= 0.6 is 0 Å². The number of anilines is 3. The Morgan fingerprint density at radius 1 is 0.348 bits per heavy atom. The predicted octanol–water partition coefficient (Wildman–Crippen LogP) is 14.3. The Kier molecular flexibility index (Phi) is 8.88. The summed E-state index contributed by atoms with van der Waals surface area (Å²) in [6.07, 6.45) is 0. The van der Waals surface area contributed by atoms with Crippen molar-refractivity contribution in [3.05, 3.63) is 255 Å². The number of hydrogen-bond donors (Lipinski definition) is 0. The van der Waals surface area contributed by atoms with Gasteiger partial charge in [0.25, 0.3) is 0 Å². The molecule has 14 rings (SSSR count).